The Hall–Kier alpha value is -4.13. The Balaban J connectivity index is 1.77. The SMILES string of the molecule is CCOc1ccc([C@@H]2c3c(oc4ccccc4c3=O)C(=O)N2c2ccccn2)cc1OCC. The summed E-state index contributed by atoms with van der Waals surface area (Å²) in [5.74, 6) is 1.19. The first kappa shape index (κ1) is 20.8. The number of hydrogen-bond acceptors (Lipinski definition) is 6. The van der Waals surface area contributed by atoms with E-state index < -0.39 is 11.9 Å². The minimum atomic E-state index is -0.724. The maximum Gasteiger partial charge on any atom is 0.296 e. The van der Waals surface area contributed by atoms with Gasteiger partial charge in [0.25, 0.3) is 5.91 Å². The molecule has 0 bridgehead atoms. The molecular weight excluding hydrogens is 420 g/mol. The van der Waals surface area contributed by atoms with Crippen LogP contribution in [0.4, 0.5) is 5.82 Å². The lowest BCUT2D eigenvalue weighted by Crippen LogP contribution is -2.30. The quantitative estimate of drug-likeness (QED) is 0.429. The average Bonchev–Trinajstić information content (AvgIpc) is 3.14. The van der Waals surface area contributed by atoms with E-state index in [1.807, 2.05) is 26.0 Å². The van der Waals surface area contributed by atoms with Gasteiger partial charge in [-0.05, 0) is 55.8 Å². The highest BCUT2D eigenvalue weighted by atomic mass is 16.5. The molecule has 3 heterocycles. The second-order valence-electron chi connectivity index (χ2n) is 7.51. The van der Waals surface area contributed by atoms with Crippen LogP contribution >= 0.6 is 0 Å². The zero-order chi connectivity index (χ0) is 22.9. The fourth-order valence-electron chi connectivity index (χ4n) is 4.21. The topological polar surface area (TPSA) is 81.9 Å². The molecule has 5 rings (SSSR count). The highest BCUT2D eigenvalue weighted by Gasteiger charge is 2.44. The number of amides is 1. The third-order valence-electron chi connectivity index (χ3n) is 5.56. The lowest BCUT2D eigenvalue weighted by molar-refractivity contribution is 0.0970. The normalized spacial score (nSPS) is 15.0. The van der Waals surface area contributed by atoms with Crippen molar-refractivity contribution >= 4 is 22.7 Å². The third kappa shape index (κ3) is 3.42. The predicted octanol–water partition coefficient (Wildman–Crippen LogP) is 4.74. The molecule has 2 aromatic heterocycles. The van der Waals surface area contributed by atoms with Gasteiger partial charge in [-0.15, -0.1) is 0 Å². The van der Waals surface area contributed by atoms with Gasteiger partial charge < -0.3 is 13.9 Å². The largest absolute Gasteiger partial charge is 0.490 e. The number of anilines is 1. The summed E-state index contributed by atoms with van der Waals surface area (Å²) in [5.41, 5.74) is 1.12. The van der Waals surface area contributed by atoms with Crippen molar-refractivity contribution in [3.63, 3.8) is 0 Å². The maximum atomic E-state index is 13.6. The number of pyridine rings is 1. The molecule has 1 amide bonds. The predicted molar refractivity (Wildman–Crippen MR) is 124 cm³/mol. The molecule has 1 atom stereocenters. The monoisotopic (exact) mass is 442 g/mol. The fourth-order valence-corrected chi connectivity index (χ4v) is 4.21. The summed E-state index contributed by atoms with van der Waals surface area (Å²) in [5, 5.41) is 0.424. The summed E-state index contributed by atoms with van der Waals surface area (Å²) < 4.78 is 17.5. The van der Waals surface area contributed by atoms with E-state index in [1.54, 1.807) is 54.7 Å². The van der Waals surface area contributed by atoms with Gasteiger partial charge in [0.1, 0.15) is 11.4 Å². The van der Waals surface area contributed by atoms with Gasteiger partial charge in [0.15, 0.2) is 16.9 Å². The number of carbonyl (C=O) groups excluding carboxylic acids is 1. The summed E-state index contributed by atoms with van der Waals surface area (Å²) in [6.45, 7) is 4.71. The molecule has 0 fully saturated rings. The van der Waals surface area contributed by atoms with Crippen molar-refractivity contribution in [2.75, 3.05) is 18.1 Å². The van der Waals surface area contributed by atoms with Crippen molar-refractivity contribution in [1.29, 1.82) is 0 Å². The van der Waals surface area contributed by atoms with Crippen LogP contribution in [0.2, 0.25) is 0 Å². The standard InChI is InChI=1S/C26H22N2O5/c1-3-31-19-13-12-16(15-20(19)32-4-2)23-22-24(29)17-9-5-6-10-18(17)33-25(22)26(30)28(23)21-11-7-8-14-27-21/h5-15,23H,3-4H2,1-2H3/t23-/m1/s1. The summed E-state index contributed by atoms with van der Waals surface area (Å²) in [4.78, 5) is 33.0. The van der Waals surface area contributed by atoms with Gasteiger partial charge in [0, 0.05) is 6.20 Å². The molecule has 0 saturated carbocycles. The van der Waals surface area contributed by atoms with E-state index in [9.17, 15) is 9.59 Å². The molecule has 0 radical (unpaired) electrons. The summed E-state index contributed by atoms with van der Waals surface area (Å²) >= 11 is 0. The van der Waals surface area contributed by atoms with Gasteiger partial charge in [0.2, 0.25) is 5.76 Å². The van der Waals surface area contributed by atoms with E-state index in [1.165, 1.54) is 4.90 Å². The van der Waals surface area contributed by atoms with Crippen LogP contribution in [0, 0.1) is 0 Å². The summed E-state index contributed by atoms with van der Waals surface area (Å²) in [6.07, 6.45) is 1.61. The molecule has 0 N–H and O–H groups in total. The number of rotatable bonds is 6. The van der Waals surface area contributed by atoms with Crippen molar-refractivity contribution in [2.24, 2.45) is 0 Å². The summed E-state index contributed by atoms with van der Waals surface area (Å²) in [6, 6.07) is 17.0. The molecule has 0 saturated heterocycles. The zero-order valence-electron chi connectivity index (χ0n) is 18.3. The van der Waals surface area contributed by atoms with E-state index in [-0.39, 0.29) is 16.8 Å². The second-order valence-corrected chi connectivity index (χ2v) is 7.51. The van der Waals surface area contributed by atoms with Crippen LogP contribution in [-0.2, 0) is 0 Å². The van der Waals surface area contributed by atoms with Crippen LogP contribution in [0.3, 0.4) is 0 Å². The average molecular weight is 442 g/mol. The number of aromatic nitrogens is 1. The smallest absolute Gasteiger partial charge is 0.296 e. The molecule has 166 valence electrons. The number of nitrogens with zero attached hydrogens (tertiary/aromatic N) is 2. The first-order valence-electron chi connectivity index (χ1n) is 10.8. The van der Waals surface area contributed by atoms with Crippen molar-refractivity contribution in [1.82, 2.24) is 4.98 Å². The third-order valence-corrected chi connectivity index (χ3v) is 5.56. The molecule has 4 aromatic rings. The molecule has 1 aliphatic rings. The molecule has 7 nitrogen and oxygen atoms in total. The zero-order valence-corrected chi connectivity index (χ0v) is 18.3. The Bertz CT molecular complexity index is 1400. The second kappa shape index (κ2) is 8.43. The molecule has 1 aliphatic heterocycles. The minimum absolute atomic E-state index is 0.0289. The van der Waals surface area contributed by atoms with Gasteiger partial charge in [-0.1, -0.05) is 24.3 Å². The molecule has 33 heavy (non-hydrogen) atoms. The first-order chi connectivity index (χ1) is 16.1. The van der Waals surface area contributed by atoms with Crippen molar-refractivity contribution in [2.45, 2.75) is 19.9 Å². The van der Waals surface area contributed by atoms with Crippen LogP contribution in [0.15, 0.2) is 76.1 Å². The molecular formula is C26H22N2O5. The Morgan fingerprint density at radius 3 is 2.45 bits per heavy atom. The Morgan fingerprint density at radius 1 is 0.939 bits per heavy atom. The maximum absolute atomic E-state index is 13.6. The van der Waals surface area contributed by atoms with E-state index >= 15 is 0 Å². The van der Waals surface area contributed by atoms with Crippen LogP contribution in [0.25, 0.3) is 11.0 Å². The van der Waals surface area contributed by atoms with Crippen LogP contribution in [-0.4, -0.2) is 24.1 Å². The van der Waals surface area contributed by atoms with Gasteiger partial charge in [-0.25, -0.2) is 4.98 Å². The fraction of sp³-hybridized carbons (Fsp3) is 0.192. The number of benzene rings is 2. The van der Waals surface area contributed by atoms with Crippen LogP contribution in [0.1, 0.15) is 41.6 Å². The molecule has 0 spiro atoms. The van der Waals surface area contributed by atoms with E-state index in [4.69, 9.17) is 13.9 Å². The number of para-hydroxylation sites is 1. The molecule has 0 aliphatic carbocycles. The van der Waals surface area contributed by atoms with Crippen LogP contribution < -0.4 is 19.8 Å². The Morgan fingerprint density at radius 2 is 1.70 bits per heavy atom. The van der Waals surface area contributed by atoms with Gasteiger partial charge in [-0.3, -0.25) is 14.5 Å². The van der Waals surface area contributed by atoms with Crippen molar-refractivity contribution in [3.8, 4) is 11.5 Å². The van der Waals surface area contributed by atoms with Crippen molar-refractivity contribution < 1.29 is 18.7 Å². The Labute approximate surface area is 190 Å². The van der Waals surface area contributed by atoms with E-state index in [0.717, 1.165) is 0 Å². The molecule has 7 heteroatoms. The van der Waals surface area contributed by atoms with E-state index in [2.05, 4.69) is 4.98 Å². The lowest BCUT2D eigenvalue weighted by Gasteiger charge is -2.25. The van der Waals surface area contributed by atoms with E-state index in [0.29, 0.717) is 47.1 Å². The minimum Gasteiger partial charge on any atom is -0.490 e. The number of fused-ring (bicyclic) bond motifs is 2. The lowest BCUT2D eigenvalue weighted by atomic mass is 9.98. The van der Waals surface area contributed by atoms with Gasteiger partial charge >= 0.3 is 0 Å². The highest BCUT2D eigenvalue weighted by molar-refractivity contribution is 6.10. The number of hydrogen-bond donors (Lipinski definition) is 0. The number of ether oxygens (including phenoxy) is 2. The highest BCUT2D eigenvalue weighted by Crippen LogP contribution is 2.42. The number of carbonyl (C=O) groups is 1. The molecule has 0 unspecified atom stereocenters. The van der Waals surface area contributed by atoms with Crippen molar-refractivity contribution in [3.05, 3.63) is 94.0 Å². The van der Waals surface area contributed by atoms with Gasteiger partial charge in [0.05, 0.1) is 30.2 Å². The summed E-state index contributed by atoms with van der Waals surface area (Å²) in [7, 11) is 0. The first-order valence-corrected chi connectivity index (χ1v) is 10.8. The molecule has 2 aromatic carbocycles. The Kier molecular flexibility index (Phi) is 5.30. The van der Waals surface area contributed by atoms with Crippen LogP contribution in [0.5, 0.6) is 11.5 Å². The van der Waals surface area contributed by atoms with Gasteiger partial charge in [-0.2, -0.15) is 0 Å².